The molecule has 0 spiro atoms. The van der Waals surface area contributed by atoms with E-state index in [1.807, 2.05) is 0 Å². The summed E-state index contributed by atoms with van der Waals surface area (Å²) in [6.07, 6.45) is -1.65. The molecule has 29 heavy (non-hydrogen) atoms. The summed E-state index contributed by atoms with van der Waals surface area (Å²) in [5, 5.41) is 16.7. The van der Waals surface area contributed by atoms with E-state index >= 15 is 0 Å². The van der Waals surface area contributed by atoms with Crippen LogP contribution >= 0.6 is 0 Å². The van der Waals surface area contributed by atoms with Crippen molar-refractivity contribution in [3.63, 3.8) is 0 Å². The van der Waals surface area contributed by atoms with Crippen LogP contribution in [0, 0.1) is 0 Å². The Balaban J connectivity index is 2.33. The lowest BCUT2D eigenvalue weighted by Gasteiger charge is -2.21. The van der Waals surface area contributed by atoms with Gasteiger partial charge in [-0.25, -0.2) is 14.4 Å². The summed E-state index contributed by atoms with van der Waals surface area (Å²) in [6, 6.07) is 5.62. The number of carbonyl (C=O) groups excluding carboxylic acids is 2. The van der Waals surface area contributed by atoms with Crippen molar-refractivity contribution in [3.05, 3.63) is 30.0 Å². The SMILES string of the molecule is CC(C)(C)OC(=O)N[C@@H](Cc1nn(C(=O)OC(C)(C)C)c2ccccc12)C(=O)O. The number of alkyl carbamates (subject to hydrolysis) is 1. The summed E-state index contributed by atoms with van der Waals surface area (Å²) in [6.45, 7) is 10.3. The van der Waals surface area contributed by atoms with Crippen molar-refractivity contribution in [1.29, 1.82) is 0 Å². The minimum Gasteiger partial charge on any atom is -0.480 e. The van der Waals surface area contributed by atoms with Crippen LogP contribution in [0.2, 0.25) is 0 Å². The number of hydrogen-bond donors (Lipinski definition) is 2. The van der Waals surface area contributed by atoms with Crippen LogP contribution in [0.25, 0.3) is 10.9 Å². The highest BCUT2D eigenvalue weighted by Crippen LogP contribution is 2.21. The number of aliphatic carboxylic acids is 1. The Labute approximate surface area is 169 Å². The van der Waals surface area contributed by atoms with E-state index in [1.54, 1.807) is 65.8 Å². The van der Waals surface area contributed by atoms with Gasteiger partial charge in [-0.1, -0.05) is 18.2 Å². The van der Waals surface area contributed by atoms with Crippen LogP contribution in [0.3, 0.4) is 0 Å². The van der Waals surface area contributed by atoms with Crippen LogP contribution in [0.5, 0.6) is 0 Å². The lowest BCUT2D eigenvalue weighted by atomic mass is 10.1. The van der Waals surface area contributed by atoms with Crippen molar-refractivity contribution in [2.75, 3.05) is 0 Å². The average molecular weight is 405 g/mol. The first-order valence-corrected chi connectivity index (χ1v) is 9.19. The van der Waals surface area contributed by atoms with E-state index in [0.717, 1.165) is 4.68 Å². The van der Waals surface area contributed by atoms with E-state index in [-0.39, 0.29) is 6.42 Å². The maximum Gasteiger partial charge on any atom is 0.435 e. The highest BCUT2D eigenvalue weighted by atomic mass is 16.6. The standard InChI is InChI=1S/C20H27N3O6/c1-19(2,3)28-17(26)21-14(16(24)25)11-13-12-9-7-8-10-15(12)23(22-13)18(27)29-20(4,5)6/h7-10,14H,11H2,1-6H3,(H,21,26)(H,24,25)/t14-/m0/s1. The van der Waals surface area contributed by atoms with Gasteiger partial charge in [0.15, 0.2) is 0 Å². The third-order valence-electron chi connectivity index (χ3n) is 3.62. The van der Waals surface area contributed by atoms with Crippen LogP contribution < -0.4 is 5.32 Å². The number of para-hydroxylation sites is 1. The van der Waals surface area contributed by atoms with Gasteiger partial charge in [0.1, 0.15) is 17.2 Å². The van der Waals surface area contributed by atoms with E-state index in [2.05, 4.69) is 10.4 Å². The van der Waals surface area contributed by atoms with Gasteiger partial charge < -0.3 is 19.9 Å². The zero-order valence-electron chi connectivity index (χ0n) is 17.5. The van der Waals surface area contributed by atoms with Gasteiger partial charge in [0, 0.05) is 11.8 Å². The molecule has 0 fully saturated rings. The average Bonchev–Trinajstić information content (AvgIpc) is 2.90. The van der Waals surface area contributed by atoms with E-state index < -0.39 is 35.4 Å². The minimum absolute atomic E-state index is 0.134. The van der Waals surface area contributed by atoms with E-state index in [0.29, 0.717) is 16.6 Å². The molecule has 0 bridgehead atoms. The molecule has 2 rings (SSSR count). The lowest BCUT2D eigenvalue weighted by Crippen LogP contribution is -2.44. The number of benzene rings is 1. The van der Waals surface area contributed by atoms with Gasteiger partial charge in [-0.05, 0) is 47.6 Å². The quantitative estimate of drug-likeness (QED) is 0.800. The number of carbonyl (C=O) groups is 3. The summed E-state index contributed by atoms with van der Waals surface area (Å²) in [7, 11) is 0. The first-order valence-electron chi connectivity index (χ1n) is 9.19. The Kier molecular flexibility index (Phi) is 6.20. The van der Waals surface area contributed by atoms with E-state index in [4.69, 9.17) is 9.47 Å². The molecule has 1 aromatic heterocycles. The minimum atomic E-state index is -1.28. The fraction of sp³-hybridized carbons (Fsp3) is 0.500. The molecule has 0 saturated heterocycles. The predicted molar refractivity (Wildman–Crippen MR) is 106 cm³/mol. The third-order valence-corrected chi connectivity index (χ3v) is 3.62. The molecule has 2 N–H and O–H groups in total. The smallest absolute Gasteiger partial charge is 0.435 e. The van der Waals surface area contributed by atoms with Crippen molar-refractivity contribution in [2.45, 2.75) is 65.2 Å². The molecule has 0 aliphatic rings. The Hall–Kier alpha value is -3.10. The molecule has 158 valence electrons. The van der Waals surface area contributed by atoms with Crippen molar-refractivity contribution in [2.24, 2.45) is 0 Å². The molecule has 1 heterocycles. The topological polar surface area (TPSA) is 120 Å². The largest absolute Gasteiger partial charge is 0.480 e. The van der Waals surface area contributed by atoms with Crippen molar-refractivity contribution >= 4 is 29.1 Å². The van der Waals surface area contributed by atoms with Gasteiger partial charge in [-0.3, -0.25) is 0 Å². The molecule has 0 aliphatic heterocycles. The Morgan fingerprint density at radius 3 is 2.21 bits per heavy atom. The summed E-state index contributed by atoms with van der Waals surface area (Å²) < 4.78 is 11.6. The van der Waals surface area contributed by atoms with Gasteiger partial charge in [0.25, 0.3) is 0 Å². The first-order chi connectivity index (χ1) is 13.3. The second-order valence-corrected chi connectivity index (χ2v) is 8.60. The maximum atomic E-state index is 12.5. The molecule has 2 aromatic rings. The summed E-state index contributed by atoms with van der Waals surface area (Å²) in [5.41, 5.74) is -0.655. The molecule has 0 aliphatic carbocycles. The predicted octanol–water partition coefficient (Wildman–Crippen LogP) is 3.34. The zero-order valence-corrected chi connectivity index (χ0v) is 17.5. The van der Waals surface area contributed by atoms with Gasteiger partial charge >= 0.3 is 18.2 Å². The number of hydrogen-bond acceptors (Lipinski definition) is 6. The molecule has 1 atom stereocenters. The summed E-state index contributed by atoms with van der Waals surface area (Å²) in [5.74, 6) is -1.24. The number of carboxylic acid groups (broad SMARTS) is 1. The Morgan fingerprint density at radius 1 is 1.07 bits per heavy atom. The zero-order chi connectivity index (χ0) is 22.0. The number of rotatable bonds is 4. The maximum absolute atomic E-state index is 12.5. The lowest BCUT2D eigenvalue weighted by molar-refractivity contribution is -0.139. The molecule has 9 heteroatoms. The molecule has 0 unspecified atom stereocenters. The van der Waals surface area contributed by atoms with Crippen LogP contribution in [0.1, 0.15) is 47.2 Å². The fourth-order valence-corrected chi connectivity index (χ4v) is 2.57. The number of ether oxygens (including phenoxy) is 2. The van der Waals surface area contributed by atoms with Gasteiger partial charge in [0.05, 0.1) is 11.2 Å². The molecule has 1 aromatic carbocycles. The third kappa shape index (κ3) is 6.20. The number of carboxylic acids is 1. The molecule has 0 saturated carbocycles. The van der Waals surface area contributed by atoms with Crippen LogP contribution in [0.4, 0.5) is 9.59 Å². The number of aromatic nitrogens is 2. The second kappa shape index (κ2) is 8.10. The van der Waals surface area contributed by atoms with Gasteiger partial charge in [-0.2, -0.15) is 9.78 Å². The fourth-order valence-electron chi connectivity index (χ4n) is 2.57. The van der Waals surface area contributed by atoms with Crippen molar-refractivity contribution in [1.82, 2.24) is 15.1 Å². The van der Waals surface area contributed by atoms with Crippen LogP contribution in [0.15, 0.2) is 24.3 Å². The van der Waals surface area contributed by atoms with Gasteiger partial charge in [-0.15, -0.1) is 0 Å². The van der Waals surface area contributed by atoms with E-state index in [1.165, 1.54) is 0 Å². The van der Waals surface area contributed by atoms with E-state index in [9.17, 15) is 19.5 Å². The summed E-state index contributed by atoms with van der Waals surface area (Å²) >= 11 is 0. The van der Waals surface area contributed by atoms with Crippen LogP contribution in [-0.4, -0.2) is 50.3 Å². The van der Waals surface area contributed by atoms with Gasteiger partial charge in [0.2, 0.25) is 0 Å². The molecule has 9 nitrogen and oxygen atoms in total. The molecular formula is C20H27N3O6. The number of amides is 1. The monoisotopic (exact) mass is 405 g/mol. The number of fused-ring (bicyclic) bond motifs is 1. The highest BCUT2D eigenvalue weighted by molar-refractivity contribution is 5.90. The number of nitrogens with one attached hydrogen (secondary N) is 1. The molecule has 1 amide bonds. The number of nitrogens with zero attached hydrogens (tertiary/aromatic N) is 2. The molecule has 0 radical (unpaired) electrons. The van der Waals surface area contributed by atoms with Crippen molar-refractivity contribution < 1.29 is 29.0 Å². The Bertz CT molecular complexity index is 920. The Morgan fingerprint density at radius 2 is 1.66 bits per heavy atom. The van der Waals surface area contributed by atoms with Crippen LogP contribution in [-0.2, 0) is 20.7 Å². The summed E-state index contributed by atoms with van der Waals surface area (Å²) in [4.78, 5) is 36.2. The normalized spacial score (nSPS) is 13.0. The first kappa shape index (κ1) is 22.2. The van der Waals surface area contributed by atoms with Crippen molar-refractivity contribution in [3.8, 4) is 0 Å². The second-order valence-electron chi connectivity index (χ2n) is 8.60. The highest BCUT2D eigenvalue weighted by Gasteiger charge is 2.28. The molecular weight excluding hydrogens is 378 g/mol.